The molecule has 0 bridgehead atoms. The standard InChI is InChI=1S/C19H21NO4/c1-24-13-14-7-9-16(10-8-14)19(23)20-17(11-12-18(21)22)15-5-3-2-4-6-15/h2-10,17H,11-13H2,1H3,(H,20,23)(H,21,22). The third kappa shape index (κ3) is 5.21. The number of aliphatic carboxylic acids is 1. The Bertz CT molecular complexity index is 668. The summed E-state index contributed by atoms with van der Waals surface area (Å²) in [6.07, 6.45) is 0.333. The zero-order valence-corrected chi connectivity index (χ0v) is 13.6. The lowest BCUT2D eigenvalue weighted by Crippen LogP contribution is -2.29. The van der Waals surface area contributed by atoms with Crippen LogP contribution < -0.4 is 5.32 Å². The van der Waals surface area contributed by atoms with Crippen LogP contribution >= 0.6 is 0 Å². The molecule has 0 aromatic heterocycles. The van der Waals surface area contributed by atoms with Gasteiger partial charge in [-0.15, -0.1) is 0 Å². The molecule has 0 fully saturated rings. The van der Waals surface area contributed by atoms with Crippen LogP contribution in [0.15, 0.2) is 54.6 Å². The van der Waals surface area contributed by atoms with Crippen molar-refractivity contribution in [1.29, 1.82) is 0 Å². The first-order chi connectivity index (χ1) is 11.6. The third-order valence-corrected chi connectivity index (χ3v) is 3.68. The van der Waals surface area contributed by atoms with Gasteiger partial charge < -0.3 is 15.2 Å². The molecule has 2 rings (SSSR count). The molecule has 0 aliphatic carbocycles. The van der Waals surface area contributed by atoms with Crippen molar-refractivity contribution in [3.63, 3.8) is 0 Å². The molecule has 5 nitrogen and oxygen atoms in total. The second-order valence-corrected chi connectivity index (χ2v) is 5.50. The van der Waals surface area contributed by atoms with Crippen molar-refractivity contribution in [3.8, 4) is 0 Å². The van der Waals surface area contributed by atoms with Gasteiger partial charge in [-0.25, -0.2) is 0 Å². The van der Waals surface area contributed by atoms with E-state index < -0.39 is 5.97 Å². The SMILES string of the molecule is COCc1ccc(C(=O)NC(CCC(=O)O)c2ccccc2)cc1. The van der Waals surface area contributed by atoms with Crippen molar-refractivity contribution in [2.24, 2.45) is 0 Å². The quantitative estimate of drug-likeness (QED) is 0.781. The molecule has 5 heteroatoms. The Morgan fingerprint density at radius 1 is 1.08 bits per heavy atom. The van der Waals surface area contributed by atoms with Crippen LogP contribution in [-0.4, -0.2) is 24.1 Å². The molecule has 0 aliphatic rings. The molecule has 0 saturated heterocycles. The molecular formula is C19H21NO4. The number of amides is 1. The molecule has 1 unspecified atom stereocenters. The minimum absolute atomic E-state index is 0.00732. The van der Waals surface area contributed by atoms with Crippen LogP contribution in [0, 0.1) is 0 Å². The van der Waals surface area contributed by atoms with Crippen molar-refractivity contribution in [2.75, 3.05) is 7.11 Å². The molecule has 24 heavy (non-hydrogen) atoms. The molecular weight excluding hydrogens is 306 g/mol. The summed E-state index contributed by atoms with van der Waals surface area (Å²) in [6, 6.07) is 16.2. The van der Waals surface area contributed by atoms with E-state index in [1.165, 1.54) is 0 Å². The Morgan fingerprint density at radius 3 is 2.33 bits per heavy atom. The zero-order chi connectivity index (χ0) is 17.4. The van der Waals surface area contributed by atoms with E-state index in [1.54, 1.807) is 19.2 Å². The average Bonchev–Trinajstić information content (AvgIpc) is 2.60. The first kappa shape index (κ1) is 17.7. The van der Waals surface area contributed by atoms with Gasteiger partial charge in [-0.2, -0.15) is 0 Å². The van der Waals surface area contributed by atoms with Crippen LogP contribution in [0.3, 0.4) is 0 Å². The van der Waals surface area contributed by atoms with E-state index in [0.717, 1.165) is 11.1 Å². The number of methoxy groups -OCH3 is 1. The normalized spacial score (nSPS) is 11.7. The summed E-state index contributed by atoms with van der Waals surface area (Å²) in [5, 5.41) is 11.8. The summed E-state index contributed by atoms with van der Waals surface area (Å²) in [7, 11) is 1.62. The molecule has 0 saturated carbocycles. The second-order valence-electron chi connectivity index (χ2n) is 5.50. The zero-order valence-electron chi connectivity index (χ0n) is 13.6. The third-order valence-electron chi connectivity index (χ3n) is 3.68. The van der Waals surface area contributed by atoms with E-state index in [4.69, 9.17) is 9.84 Å². The fourth-order valence-corrected chi connectivity index (χ4v) is 2.44. The van der Waals surface area contributed by atoms with Crippen LogP contribution in [0.25, 0.3) is 0 Å². The van der Waals surface area contributed by atoms with Crippen molar-refractivity contribution < 1.29 is 19.4 Å². The van der Waals surface area contributed by atoms with Gasteiger partial charge in [-0.1, -0.05) is 42.5 Å². The highest BCUT2D eigenvalue weighted by Gasteiger charge is 2.17. The monoisotopic (exact) mass is 327 g/mol. The van der Waals surface area contributed by atoms with E-state index in [1.807, 2.05) is 42.5 Å². The Morgan fingerprint density at radius 2 is 1.75 bits per heavy atom. The first-order valence-electron chi connectivity index (χ1n) is 7.75. The maximum absolute atomic E-state index is 12.5. The fourth-order valence-electron chi connectivity index (χ4n) is 2.44. The molecule has 0 radical (unpaired) electrons. The molecule has 0 aliphatic heterocycles. The van der Waals surface area contributed by atoms with Gasteiger partial charge in [0, 0.05) is 19.1 Å². The summed E-state index contributed by atoms with van der Waals surface area (Å²) >= 11 is 0. The fraction of sp³-hybridized carbons (Fsp3) is 0.263. The molecule has 126 valence electrons. The average molecular weight is 327 g/mol. The number of carbonyl (C=O) groups is 2. The molecule has 2 aromatic rings. The van der Waals surface area contributed by atoms with Crippen molar-refractivity contribution in [1.82, 2.24) is 5.32 Å². The van der Waals surface area contributed by atoms with Crippen molar-refractivity contribution in [3.05, 3.63) is 71.3 Å². The van der Waals surface area contributed by atoms with Crippen LogP contribution in [0.5, 0.6) is 0 Å². The first-order valence-corrected chi connectivity index (χ1v) is 7.75. The predicted octanol–water partition coefficient (Wildman–Crippen LogP) is 3.17. The van der Waals surface area contributed by atoms with E-state index >= 15 is 0 Å². The number of rotatable bonds is 8. The van der Waals surface area contributed by atoms with Crippen LogP contribution in [0.4, 0.5) is 0 Å². The minimum Gasteiger partial charge on any atom is -0.481 e. The molecule has 0 heterocycles. The Kier molecular flexibility index (Phi) is 6.51. The van der Waals surface area contributed by atoms with Crippen molar-refractivity contribution >= 4 is 11.9 Å². The van der Waals surface area contributed by atoms with E-state index in [9.17, 15) is 9.59 Å². The van der Waals surface area contributed by atoms with Gasteiger partial charge in [-0.05, 0) is 29.7 Å². The highest BCUT2D eigenvalue weighted by atomic mass is 16.5. The number of ether oxygens (including phenoxy) is 1. The van der Waals surface area contributed by atoms with Crippen LogP contribution in [0.2, 0.25) is 0 Å². The minimum atomic E-state index is -0.880. The smallest absolute Gasteiger partial charge is 0.303 e. The summed E-state index contributed by atoms with van der Waals surface area (Å²) < 4.78 is 5.05. The molecule has 1 amide bonds. The Labute approximate surface area is 141 Å². The maximum atomic E-state index is 12.5. The van der Waals surface area contributed by atoms with Crippen molar-refractivity contribution in [2.45, 2.75) is 25.5 Å². The lowest BCUT2D eigenvalue weighted by Gasteiger charge is -2.18. The number of carboxylic acids is 1. The van der Waals surface area contributed by atoms with Gasteiger partial charge in [0.1, 0.15) is 0 Å². The molecule has 1 atom stereocenters. The van der Waals surface area contributed by atoms with E-state index in [0.29, 0.717) is 18.6 Å². The van der Waals surface area contributed by atoms with Crippen LogP contribution in [-0.2, 0) is 16.1 Å². The highest BCUT2D eigenvalue weighted by Crippen LogP contribution is 2.19. The summed E-state index contributed by atoms with van der Waals surface area (Å²) in [4.78, 5) is 23.3. The largest absolute Gasteiger partial charge is 0.481 e. The number of hydrogen-bond acceptors (Lipinski definition) is 3. The lowest BCUT2D eigenvalue weighted by molar-refractivity contribution is -0.137. The topological polar surface area (TPSA) is 75.6 Å². The lowest BCUT2D eigenvalue weighted by atomic mass is 10.0. The number of carbonyl (C=O) groups excluding carboxylic acids is 1. The Balaban J connectivity index is 2.09. The van der Waals surface area contributed by atoms with Gasteiger partial charge >= 0.3 is 5.97 Å². The number of hydrogen-bond donors (Lipinski definition) is 2. The highest BCUT2D eigenvalue weighted by molar-refractivity contribution is 5.94. The van der Waals surface area contributed by atoms with Gasteiger partial charge in [0.2, 0.25) is 0 Å². The summed E-state index contributed by atoms with van der Waals surface area (Å²) in [5.41, 5.74) is 2.41. The van der Waals surface area contributed by atoms with E-state index in [2.05, 4.69) is 5.32 Å². The predicted molar refractivity (Wildman–Crippen MR) is 90.7 cm³/mol. The molecule has 2 N–H and O–H groups in total. The summed E-state index contributed by atoms with van der Waals surface area (Å²) in [5.74, 6) is -1.10. The van der Waals surface area contributed by atoms with Gasteiger partial charge in [0.25, 0.3) is 5.91 Å². The van der Waals surface area contributed by atoms with Gasteiger partial charge in [-0.3, -0.25) is 9.59 Å². The van der Waals surface area contributed by atoms with Crippen LogP contribution in [0.1, 0.15) is 40.4 Å². The maximum Gasteiger partial charge on any atom is 0.303 e. The Hall–Kier alpha value is -2.66. The number of carboxylic acid groups (broad SMARTS) is 1. The number of benzene rings is 2. The van der Waals surface area contributed by atoms with Gasteiger partial charge in [0.05, 0.1) is 12.6 Å². The molecule has 2 aromatic carbocycles. The molecule has 0 spiro atoms. The summed E-state index contributed by atoms with van der Waals surface area (Å²) in [6.45, 7) is 0.493. The second kappa shape index (κ2) is 8.84. The van der Waals surface area contributed by atoms with Gasteiger partial charge in [0.15, 0.2) is 0 Å². The number of nitrogens with one attached hydrogen (secondary N) is 1. The van der Waals surface area contributed by atoms with E-state index in [-0.39, 0.29) is 18.4 Å².